The smallest absolute Gasteiger partial charge is 0.409 e. The van der Waals surface area contributed by atoms with Crippen molar-refractivity contribution in [1.82, 2.24) is 4.90 Å². The van der Waals surface area contributed by atoms with Gasteiger partial charge in [-0.05, 0) is 61.9 Å². The molecule has 170 valence electrons. The molecule has 0 saturated carbocycles. The molecule has 0 bridgehead atoms. The highest BCUT2D eigenvalue weighted by Gasteiger charge is 2.28. The van der Waals surface area contributed by atoms with Crippen LogP contribution in [0.4, 0.5) is 16.2 Å². The molecule has 0 atom stereocenters. The van der Waals surface area contributed by atoms with E-state index in [0.29, 0.717) is 42.2 Å². The number of ether oxygens (including phenoxy) is 1. The quantitative estimate of drug-likeness (QED) is 0.518. The number of hydrogen-bond acceptors (Lipinski definition) is 6. The number of carbonyl (C=O) groups is 3. The van der Waals surface area contributed by atoms with E-state index in [1.807, 2.05) is 30.3 Å². The zero-order valence-electron chi connectivity index (χ0n) is 18.7. The van der Waals surface area contributed by atoms with Crippen molar-refractivity contribution >= 4 is 41.4 Å². The van der Waals surface area contributed by atoms with Crippen LogP contribution < -0.4 is 9.91 Å². The number of benzene rings is 2. The number of carbonyl (C=O) groups excluding carboxylic acids is 3. The number of nitrogens with zero attached hydrogens (tertiary/aromatic N) is 4. The third-order valence-corrected chi connectivity index (χ3v) is 5.71. The van der Waals surface area contributed by atoms with Gasteiger partial charge in [0.05, 0.1) is 23.6 Å². The molecular formula is C25H26N4O4. The van der Waals surface area contributed by atoms with Gasteiger partial charge >= 0.3 is 6.09 Å². The molecule has 2 aliphatic rings. The summed E-state index contributed by atoms with van der Waals surface area (Å²) in [7, 11) is 0. The number of amides is 2. The van der Waals surface area contributed by atoms with Gasteiger partial charge in [-0.1, -0.05) is 12.1 Å². The largest absolute Gasteiger partial charge is 0.450 e. The van der Waals surface area contributed by atoms with E-state index in [9.17, 15) is 14.4 Å². The molecular weight excluding hydrogens is 420 g/mol. The minimum atomic E-state index is -0.258. The van der Waals surface area contributed by atoms with E-state index in [4.69, 9.17) is 4.74 Å². The zero-order chi connectivity index (χ0) is 23.4. The summed E-state index contributed by atoms with van der Waals surface area (Å²) in [5.74, 6) is -0.203. The number of aldehydes is 1. The predicted molar refractivity (Wildman–Crippen MR) is 128 cm³/mol. The lowest BCUT2D eigenvalue weighted by Gasteiger charge is -2.35. The molecule has 2 amide bonds. The molecule has 2 aromatic rings. The normalized spacial score (nSPS) is 17.4. The van der Waals surface area contributed by atoms with Crippen molar-refractivity contribution in [3.63, 3.8) is 0 Å². The average Bonchev–Trinajstić information content (AvgIpc) is 3.13. The second-order valence-electron chi connectivity index (χ2n) is 7.83. The fourth-order valence-electron chi connectivity index (χ4n) is 3.86. The molecule has 1 fully saturated rings. The maximum absolute atomic E-state index is 12.9. The van der Waals surface area contributed by atoms with Crippen LogP contribution in [0.2, 0.25) is 0 Å². The van der Waals surface area contributed by atoms with Crippen molar-refractivity contribution in [2.24, 2.45) is 5.10 Å². The Hall–Kier alpha value is -3.94. The Morgan fingerprint density at radius 1 is 0.970 bits per heavy atom. The van der Waals surface area contributed by atoms with E-state index in [1.165, 1.54) is 5.01 Å². The van der Waals surface area contributed by atoms with E-state index >= 15 is 0 Å². The topological polar surface area (TPSA) is 82.5 Å². The first-order chi connectivity index (χ1) is 16.0. The van der Waals surface area contributed by atoms with Crippen molar-refractivity contribution in [2.45, 2.75) is 13.8 Å². The number of rotatable bonds is 5. The van der Waals surface area contributed by atoms with Crippen molar-refractivity contribution in [3.05, 3.63) is 65.2 Å². The van der Waals surface area contributed by atoms with Gasteiger partial charge < -0.3 is 14.5 Å². The highest BCUT2D eigenvalue weighted by atomic mass is 16.6. The van der Waals surface area contributed by atoms with E-state index in [0.717, 1.165) is 30.6 Å². The van der Waals surface area contributed by atoms with Crippen LogP contribution in [-0.4, -0.2) is 61.7 Å². The summed E-state index contributed by atoms with van der Waals surface area (Å²) in [6, 6.07) is 14.7. The monoisotopic (exact) mass is 446 g/mol. The first-order valence-electron chi connectivity index (χ1n) is 10.9. The van der Waals surface area contributed by atoms with Crippen molar-refractivity contribution in [2.75, 3.05) is 42.7 Å². The molecule has 8 nitrogen and oxygen atoms in total. The maximum Gasteiger partial charge on any atom is 0.409 e. The highest BCUT2D eigenvalue weighted by Crippen LogP contribution is 2.26. The molecule has 0 aliphatic carbocycles. The number of anilines is 2. The van der Waals surface area contributed by atoms with Crippen molar-refractivity contribution < 1.29 is 19.1 Å². The second-order valence-corrected chi connectivity index (χ2v) is 7.83. The fraction of sp³-hybridized carbons (Fsp3) is 0.280. The van der Waals surface area contributed by atoms with Gasteiger partial charge in [0.15, 0.2) is 0 Å². The standard InChI is InChI=1S/C25H26N4O4/c1-3-33-25(32)28-14-12-27(13-15-28)21-8-4-19(5-9-21)16-23-18(2)26-29(24(23)31)22-10-6-20(17-30)7-11-22/h4-11,16-17H,3,12-15H2,1-2H3/b23-16-. The molecule has 4 rings (SSSR count). The Bertz CT molecular complexity index is 1100. The van der Waals surface area contributed by atoms with E-state index in [-0.39, 0.29) is 12.0 Å². The third-order valence-electron chi connectivity index (χ3n) is 5.71. The van der Waals surface area contributed by atoms with Gasteiger partial charge in [0.1, 0.15) is 6.29 Å². The Morgan fingerprint density at radius 2 is 1.58 bits per heavy atom. The van der Waals surface area contributed by atoms with Crippen LogP contribution in [-0.2, 0) is 9.53 Å². The summed E-state index contributed by atoms with van der Waals surface area (Å²) < 4.78 is 5.07. The van der Waals surface area contributed by atoms with Crippen molar-refractivity contribution in [3.8, 4) is 0 Å². The van der Waals surface area contributed by atoms with Crippen LogP contribution in [0, 0.1) is 0 Å². The lowest BCUT2D eigenvalue weighted by atomic mass is 10.1. The molecule has 0 aromatic heterocycles. The number of piperazine rings is 1. The lowest BCUT2D eigenvalue weighted by Crippen LogP contribution is -2.49. The average molecular weight is 447 g/mol. The molecule has 0 radical (unpaired) electrons. The Labute approximate surface area is 192 Å². The van der Waals surface area contributed by atoms with E-state index < -0.39 is 0 Å². The van der Waals surface area contributed by atoms with E-state index in [1.54, 1.807) is 43.0 Å². The summed E-state index contributed by atoms with van der Waals surface area (Å²) in [4.78, 5) is 39.6. The van der Waals surface area contributed by atoms with Gasteiger partial charge in [-0.25, -0.2) is 4.79 Å². The fourth-order valence-corrected chi connectivity index (χ4v) is 3.86. The number of hydrazone groups is 1. The maximum atomic E-state index is 12.9. The van der Waals surface area contributed by atoms with Crippen LogP contribution >= 0.6 is 0 Å². The molecule has 0 N–H and O–H groups in total. The summed E-state index contributed by atoms with van der Waals surface area (Å²) in [5.41, 5.74) is 4.31. The Morgan fingerprint density at radius 3 is 2.18 bits per heavy atom. The van der Waals surface area contributed by atoms with Crippen LogP contribution in [0.3, 0.4) is 0 Å². The van der Waals surface area contributed by atoms with Crippen molar-refractivity contribution in [1.29, 1.82) is 0 Å². The summed E-state index contributed by atoms with van der Waals surface area (Å²) in [6.45, 7) is 6.72. The molecule has 1 saturated heterocycles. The Balaban J connectivity index is 1.42. The van der Waals surface area contributed by atoms with Gasteiger partial charge in [0, 0.05) is 37.4 Å². The highest BCUT2D eigenvalue weighted by molar-refractivity contribution is 6.32. The molecule has 2 aromatic carbocycles. The van der Waals surface area contributed by atoms with Crippen LogP contribution in [0.1, 0.15) is 29.8 Å². The van der Waals surface area contributed by atoms with Gasteiger partial charge in [-0.15, -0.1) is 0 Å². The third kappa shape index (κ3) is 4.79. The minimum Gasteiger partial charge on any atom is -0.450 e. The van der Waals surface area contributed by atoms with E-state index in [2.05, 4.69) is 10.0 Å². The molecule has 8 heteroatoms. The molecule has 0 spiro atoms. The molecule has 0 unspecified atom stereocenters. The minimum absolute atomic E-state index is 0.203. The lowest BCUT2D eigenvalue weighted by molar-refractivity contribution is -0.114. The zero-order valence-corrected chi connectivity index (χ0v) is 18.7. The van der Waals surface area contributed by atoms with Gasteiger partial charge in [0.25, 0.3) is 5.91 Å². The van der Waals surface area contributed by atoms with Crippen LogP contribution in [0.5, 0.6) is 0 Å². The summed E-state index contributed by atoms with van der Waals surface area (Å²) in [6.07, 6.45) is 2.34. The number of hydrogen-bond donors (Lipinski definition) is 0. The first kappa shape index (κ1) is 22.3. The summed E-state index contributed by atoms with van der Waals surface area (Å²) in [5, 5.41) is 5.75. The Kier molecular flexibility index (Phi) is 6.53. The van der Waals surface area contributed by atoms with Gasteiger partial charge in [0.2, 0.25) is 0 Å². The summed E-state index contributed by atoms with van der Waals surface area (Å²) >= 11 is 0. The SMILES string of the molecule is CCOC(=O)N1CCN(c2ccc(/C=C3\C(=O)N(c4ccc(C=O)cc4)N=C3C)cc2)CC1. The van der Waals surface area contributed by atoms with Gasteiger partial charge in [-0.3, -0.25) is 9.59 Å². The first-order valence-corrected chi connectivity index (χ1v) is 10.9. The van der Waals surface area contributed by atoms with Gasteiger partial charge in [-0.2, -0.15) is 10.1 Å². The van der Waals surface area contributed by atoms with Crippen LogP contribution in [0.15, 0.2) is 59.2 Å². The molecule has 2 aliphatic heterocycles. The second kappa shape index (κ2) is 9.68. The predicted octanol–water partition coefficient (Wildman–Crippen LogP) is 3.58. The van der Waals surface area contributed by atoms with Crippen LogP contribution in [0.25, 0.3) is 6.08 Å². The molecule has 33 heavy (non-hydrogen) atoms. The molecule has 2 heterocycles.